The van der Waals surface area contributed by atoms with Crippen LogP contribution in [0.25, 0.3) is 0 Å². The molecule has 0 radical (unpaired) electrons. The van der Waals surface area contributed by atoms with Crippen LogP contribution in [0.1, 0.15) is 65.7 Å². The molecule has 2 amide bonds. The zero-order valence-corrected chi connectivity index (χ0v) is 18.6. The molecule has 0 atom stereocenters. The summed E-state index contributed by atoms with van der Waals surface area (Å²) in [6.45, 7) is 0.243. The van der Waals surface area contributed by atoms with Crippen molar-refractivity contribution in [2.75, 3.05) is 26.1 Å². The summed E-state index contributed by atoms with van der Waals surface area (Å²) in [5, 5.41) is 5.67. The van der Waals surface area contributed by atoms with Crippen molar-refractivity contribution in [3.63, 3.8) is 0 Å². The molecule has 0 spiro atoms. The number of hydrogen-bond donors (Lipinski definition) is 2. The average Bonchev–Trinajstić information content (AvgIpc) is 2.76. The van der Waals surface area contributed by atoms with Crippen molar-refractivity contribution in [2.45, 2.75) is 44.9 Å². The lowest BCUT2D eigenvalue weighted by Gasteiger charge is -2.55. The van der Waals surface area contributed by atoms with E-state index in [0.717, 1.165) is 19.3 Å². The molecule has 0 aliphatic heterocycles. The highest BCUT2D eigenvalue weighted by Crippen LogP contribution is 2.60. The highest BCUT2D eigenvalue weighted by Gasteiger charge is 2.54. The Labute approximate surface area is 187 Å². The maximum atomic E-state index is 13.0. The lowest BCUT2D eigenvalue weighted by atomic mass is 9.49. The molecule has 0 heterocycles. The fraction of sp³-hybridized carbons (Fsp3) is 0.583. The van der Waals surface area contributed by atoms with E-state index in [2.05, 4.69) is 10.6 Å². The lowest BCUT2D eigenvalue weighted by molar-refractivity contribution is -0.146. The molecule has 0 aromatic heterocycles. The summed E-state index contributed by atoms with van der Waals surface area (Å²) in [5.74, 6) is 0.547. The number of anilines is 1. The number of carbonyl (C=O) groups excluding carboxylic acids is 4. The van der Waals surface area contributed by atoms with Gasteiger partial charge in [-0.15, -0.1) is 0 Å². The fourth-order valence-electron chi connectivity index (χ4n) is 6.26. The van der Waals surface area contributed by atoms with Crippen LogP contribution in [0.3, 0.4) is 0 Å². The van der Waals surface area contributed by atoms with Crippen molar-refractivity contribution in [1.82, 2.24) is 5.32 Å². The first-order valence-electron chi connectivity index (χ1n) is 11.2. The summed E-state index contributed by atoms with van der Waals surface area (Å²) in [4.78, 5) is 49.2. The van der Waals surface area contributed by atoms with Crippen LogP contribution >= 0.6 is 0 Å². The van der Waals surface area contributed by atoms with Gasteiger partial charge in [0.1, 0.15) is 0 Å². The minimum Gasteiger partial charge on any atom is -0.465 e. The van der Waals surface area contributed by atoms with E-state index in [0.29, 0.717) is 17.8 Å². The van der Waals surface area contributed by atoms with E-state index in [-0.39, 0.29) is 47.0 Å². The first-order chi connectivity index (χ1) is 15.3. The van der Waals surface area contributed by atoms with E-state index in [9.17, 15) is 19.2 Å². The molecular weight excluding hydrogens is 412 g/mol. The summed E-state index contributed by atoms with van der Waals surface area (Å²) >= 11 is 0. The van der Waals surface area contributed by atoms with Crippen molar-refractivity contribution < 1.29 is 28.7 Å². The largest absolute Gasteiger partial charge is 0.465 e. The molecular formula is C24H30N2O6. The number of rotatable bonds is 7. The number of hydrogen-bond acceptors (Lipinski definition) is 6. The van der Waals surface area contributed by atoms with Crippen LogP contribution in [-0.4, -0.2) is 44.5 Å². The summed E-state index contributed by atoms with van der Waals surface area (Å²) in [6.07, 6.45) is 6.84. The molecule has 4 aliphatic rings. The summed E-state index contributed by atoms with van der Waals surface area (Å²) in [7, 11) is 2.47. The second-order valence-electron chi connectivity index (χ2n) is 9.53. The topological polar surface area (TPSA) is 111 Å². The van der Waals surface area contributed by atoms with Gasteiger partial charge in [-0.2, -0.15) is 0 Å². The van der Waals surface area contributed by atoms with E-state index in [1.165, 1.54) is 51.7 Å². The lowest BCUT2D eigenvalue weighted by Crippen LogP contribution is -2.53. The van der Waals surface area contributed by atoms with Gasteiger partial charge in [-0.05, 0) is 74.5 Å². The van der Waals surface area contributed by atoms with Gasteiger partial charge in [-0.3, -0.25) is 9.59 Å². The van der Waals surface area contributed by atoms with E-state index in [1.807, 2.05) is 0 Å². The molecule has 8 heteroatoms. The normalized spacial score (nSPS) is 27.5. The van der Waals surface area contributed by atoms with Gasteiger partial charge < -0.3 is 20.1 Å². The Hall–Kier alpha value is -2.90. The van der Waals surface area contributed by atoms with Crippen molar-refractivity contribution in [1.29, 1.82) is 0 Å². The first-order valence-corrected chi connectivity index (χ1v) is 11.2. The van der Waals surface area contributed by atoms with Gasteiger partial charge in [-0.1, -0.05) is 0 Å². The Bertz CT molecular complexity index is 871. The standard InChI is InChI=1S/C24H30N2O6/c1-31-21(28)17-8-18(22(29)32-2)10-19(9-17)26-20(27)3-4-25-23(30)24-11-14-5-15(12-24)7-16(6-14)13-24/h8-10,14-16H,3-7,11-13H2,1-2H3,(H,25,30)(H,26,27). The van der Waals surface area contributed by atoms with Gasteiger partial charge in [0.15, 0.2) is 0 Å². The van der Waals surface area contributed by atoms with Crippen LogP contribution < -0.4 is 10.6 Å². The predicted octanol–water partition coefficient (Wildman–Crippen LogP) is 2.92. The number of esters is 2. The molecule has 4 saturated carbocycles. The van der Waals surface area contributed by atoms with E-state index in [1.54, 1.807) is 0 Å². The molecule has 0 unspecified atom stereocenters. The molecule has 4 fully saturated rings. The molecule has 0 saturated heterocycles. The number of nitrogens with one attached hydrogen (secondary N) is 2. The third-order valence-corrected chi connectivity index (χ3v) is 7.22. The zero-order valence-electron chi connectivity index (χ0n) is 18.6. The number of benzene rings is 1. The quantitative estimate of drug-likeness (QED) is 0.628. The van der Waals surface area contributed by atoms with Gasteiger partial charge in [0.2, 0.25) is 11.8 Å². The van der Waals surface area contributed by atoms with Crippen LogP contribution in [0.2, 0.25) is 0 Å². The van der Waals surface area contributed by atoms with Crippen LogP contribution in [0.4, 0.5) is 5.69 Å². The van der Waals surface area contributed by atoms with Gasteiger partial charge in [0, 0.05) is 24.1 Å². The molecule has 1 aromatic rings. The third kappa shape index (κ3) is 4.49. The summed E-state index contributed by atoms with van der Waals surface area (Å²) in [5.41, 5.74) is 0.294. The third-order valence-electron chi connectivity index (χ3n) is 7.22. The van der Waals surface area contributed by atoms with E-state index in [4.69, 9.17) is 9.47 Å². The number of amides is 2. The van der Waals surface area contributed by atoms with Crippen molar-refractivity contribution in [3.05, 3.63) is 29.3 Å². The zero-order chi connectivity index (χ0) is 22.9. The van der Waals surface area contributed by atoms with Crippen LogP contribution in [0, 0.1) is 23.2 Å². The smallest absolute Gasteiger partial charge is 0.337 e. The summed E-state index contributed by atoms with van der Waals surface area (Å²) < 4.78 is 9.41. The van der Waals surface area contributed by atoms with Crippen molar-refractivity contribution >= 4 is 29.4 Å². The number of ether oxygens (including phenoxy) is 2. The van der Waals surface area contributed by atoms with E-state index >= 15 is 0 Å². The van der Waals surface area contributed by atoms with Crippen LogP contribution in [0.5, 0.6) is 0 Å². The van der Waals surface area contributed by atoms with Crippen molar-refractivity contribution in [3.8, 4) is 0 Å². The van der Waals surface area contributed by atoms with Gasteiger partial charge in [0.25, 0.3) is 0 Å². The monoisotopic (exact) mass is 442 g/mol. The molecule has 8 nitrogen and oxygen atoms in total. The number of carbonyl (C=O) groups is 4. The Morgan fingerprint density at radius 2 is 1.38 bits per heavy atom. The molecule has 5 rings (SSSR count). The Kier molecular flexibility index (Phi) is 6.22. The summed E-state index contributed by atoms with van der Waals surface area (Å²) in [6, 6.07) is 4.22. The molecule has 172 valence electrons. The first kappa shape index (κ1) is 22.3. The van der Waals surface area contributed by atoms with E-state index < -0.39 is 11.9 Å². The van der Waals surface area contributed by atoms with Crippen LogP contribution in [0.15, 0.2) is 18.2 Å². The maximum Gasteiger partial charge on any atom is 0.337 e. The molecule has 32 heavy (non-hydrogen) atoms. The van der Waals surface area contributed by atoms with Gasteiger partial charge >= 0.3 is 11.9 Å². The number of methoxy groups -OCH3 is 2. The molecule has 4 bridgehead atoms. The second kappa shape index (κ2) is 8.92. The second-order valence-corrected chi connectivity index (χ2v) is 9.53. The SMILES string of the molecule is COC(=O)c1cc(NC(=O)CCNC(=O)C23CC4CC(CC(C4)C2)C3)cc(C(=O)OC)c1. The molecule has 4 aliphatic carbocycles. The average molecular weight is 443 g/mol. The Morgan fingerprint density at radius 3 is 1.84 bits per heavy atom. The molecule has 2 N–H and O–H groups in total. The Balaban J connectivity index is 1.33. The molecule has 1 aromatic carbocycles. The van der Waals surface area contributed by atoms with Crippen molar-refractivity contribution in [2.24, 2.45) is 23.2 Å². The minimum atomic E-state index is -0.630. The highest BCUT2D eigenvalue weighted by atomic mass is 16.5. The maximum absolute atomic E-state index is 13.0. The fourth-order valence-corrected chi connectivity index (χ4v) is 6.26. The van der Waals surface area contributed by atoms with Crippen LogP contribution in [-0.2, 0) is 19.1 Å². The highest BCUT2D eigenvalue weighted by molar-refractivity contribution is 5.99. The van der Waals surface area contributed by atoms with Gasteiger partial charge in [0.05, 0.1) is 25.3 Å². The minimum absolute atomic E-state index is 0.0880. The van der Waals surface area contributed by atoms with Gasteiger partial charge in [-0.25, -0.2) is 9.59 Å². The Morgan fingerprint density at radius 1 is 0.875 bits per heavy atom. The predicted molar refractivity (Wildman–Crippen MR) is 116 cm³/mol.